The number of anilines is 1. The van der Waals surface area contributed by atoms with Gasteiger partial charge in [-0.15, -0.1) is 0 Å². The second-order valence-electron chi connectivity index (χ2n) is 6.37. The molecule has 2 aromatic rings. The van der Waals surface area contributed by atoms with Gasteiger partial charge < -0.3 is 4.74 Å². The minimum Gasteiger partial charge on any atom is -0.497 e. The molecule has 0 bridgehead atoms. The molecule has 1 aliphatic rings. The smallest absolute Gasteiger partial charge is 0.237 e. The van der Waals surface area contributed by atoms with Gasteiger partial charge in [0.05, 0.1) is 18.7 Å². The maximum absolute atomic E-state index is 12.7. The molecular weight excluding hydrogens is 302 g/mol. The van der Waals surface area contributed by atoms with E-state index in [1.165, 1.54) is 16.0 Å². The van der Waals surface area contributed by atoms with E-state index in [9.17, 15) is 9.59 Å². The van der Waals surface area contributed by atoms with Crippen LogP contribution in [0.25, 0.3) is 0 Å². The highest BCUT2D eigenvalue weighted by atomic mass is 16.5. The van der Waals surface area contributed by atoms with Crippen LogP contribution >= 0.6 is 0 Å². The number of hydrogen-bond acceptors (Lipinski definition) is 3. The molecule has 0 aliphatic carbocycles. The standard InChI is InChI=1S/C20H21NO3/c1-13-8-14(2)10-15(9-13)11-16-12-19(22)21(20(16)23)17-4-6-18(24-3)7-5-17/h4-10,16H,11-12H2,1-3H3. The number of ether oxygens (including phenoxy) is 1. The van der Waals surface area contributed by atoms with E-state index in [1.54, 1.807) is 31.4 Å². The summed E-state index contributed by atoms with van der Waals surface area (Å²) in [6, 6.07) is 13.3. The Balaban J connectivity index is 1.80. The Morgan fingerprint density at radius 2 is 1.67 bits per heavy atom. The molecule has 124 valence electrons. The van der Waals surface area contributed by atoms with Crippen molar-refractivity contribution in [3.8, 4) is 5.75 Å². The average Bonchev–Trinajstić information content (AvgIpc) is 2.80. The van der Waals surface area contributed by atoms with E-state index < -0.39 is 0 Å². The van der Waals surface area contributed by atoms with Crippen LogP contribution in [0.15, 0.2) is 42.5 Å². The summed E-state index contributed by atoms with van der Waals surface area (Å²) in [4.78, 5) is 26.4. The number of benzene rings is 2. The van der Waals surface area contributed by atoms with Crippen molar-refractivity contribution >= 4 is 17.5 Å². The Bertz CT molecular complexity index is 760. The summed E-state index contributed by atoms with van der Waals surface area (Å²) >= 11 is 0. The molecule has 1 fully saturated rings. The van der Waals surface area contributed by atoms with Crippen molar-refractivity contribution in [1.82, 2.24) is 0 Å². The third-order valence-corrected chi connectivity index (χ3v) is 4.33. The zero-order chi connectivity index (χ0) is 17.3. The minimum atomic E-state index is -0.291. The molecule has 4 nitrogen and oxygen atoms in total. The molecule has 0 spiro atoms. The van der Waals surface area contributed by atoms with Crippen LogP contribution < -0.4 is 9.64 Å². The van der Waals surface area contributed by atoms with Crippen molar-refractivity contribution in [2.24, 2.45) is 5.92 Å². The van der Waals surface area contributed by atoms with Gasteiger partial charge in [0.1, 0.15) is 5.75 Å². The molecule has 1 heterocycles. The number of amides is 2. The Kier molecular flexibility index (Phi) is 4.38. The Morgan fingerprint density at radius 3 is 2.25 bits per heavy atom. The summed E-state index contributed by atoms with van der Waals surface area (Å²) in [5.74, 6) is 0.148. The topological polar surface area (TPSA) is 46.6 Å². The van der Waals surface area contributed by atoms with Gasteiger partial charge >= 0.3 is 0 Å². The van der Waals surface area contributed by atoms with Crippen LogP contribution in [0, 0.1) is 19.8 Å². The Labute approximate surface area is 142 Å². The molecule has 1 aliphatic heterocycles. The van der Waals surface area contributed by atoms with Gasteiger partial charge in [-0.25, -0.2) is 0 Å². The lowest BCUT2D eigenvalue weighted by Gasteiger charge is -2.15. The monoisotopic (exact) mass is 323 g/mol. The normalized spacial score (nSPS) is 17.5. The Hall–Kier alpha value is -2.62. The van der Waals surface area contributed by atoms with Crippen molar-refractivity contribution in [1.29, 1.82) is 0 Å². The van der Waals surface area contributed by atoms with E-state index >= 15 is 0 Å². The van der Waals surface area contributed by atoms with Crippen LogP contribution in [-0.2, 0) is 16.0 Å². The van der Waals surface area contributed by atoms with Crippen LogP contribution in [0.5, 0.6) is 5.75 Å². The predicted octanol–water partition coefficient (Wildman–Crippen LogP) is 3.43. The number of rotatable bonds is 4. The van der Waals surface area contributed by atoms with Gasteiger partial charge in [-0.3, -0.25) is 14.5 Å². The Morgan fingerprint density at radius 1 is 1.04 bits per heavy atom. The molecule has 1 unspecified atom stereocenters. The van der Waals surface area contributed by atoms with Crippen molar-refractivity contribution < 1.29 is 14.3 Å². The number of aryl methyl sites for hydroxylation is 2. The fourth-order valence-electron chi connectivity index (χ4n) is 3.33. The number of hydrogen-bond donors (Lipinski definition) is 0. The van der Waals surface area contributed by atoms with E-state index in [-0.39, 0.29) is 24.2 Å². The van der Waals surface area contributed by atoms with Crippen LogP contribution in [0.2, 0.25) is 0 Å². The first-order valence-electron chi connectivity index (χ1n) is 8.06. The fraction of sp³-hybridized carbons (Fsp3) is 0.300. The van der Waals surface area contributed by atoms with Crippen LogP contribution in [0.4, 0.5) is 5.69 Å². The van der Waals surface area contributed by atoms with Crippen LogP contribution in [-0.4, -0.2) is 18.9 Å². The second-order valence-corrected chi connectivity index (χ2v) is 6.37. The maximum Gasteiger partial charge on any atom is 0.237 e. The van der Waals surface area contributed by atoms with E-state index in [1.807, 2.05) is 13.8 Å². The lowest BCUT2D eigenvalue weighted by Crippen LogP contribution is -2.30. The van der Waals surface area contributed by atoms with Crippen LogP contribution in [0.3, 0.4) is 0 Å². The first kappa shape index (κ1) is 16.2. The van der Waals surface area contributed by atoms with Crippen molar-refractivity contribution in [3.05, 3.63) is 59.2 Å². The summed E-state index contributed by atoms with van der Waals surface area (Å²) in [5.41, 5.74) is 4.06. The molecule has 2 amide bonds. The second kappa shape index (κ2) is 6.48. The SMILES string of the molecule is COc1ccc(N2C(=O)CC(Cc3cc(C)cc(C)c3)C2=O)cc1. The zero-order valence-electron chi connectivity index (χ0n) is 14.2. The number of methoxy groups -OCH3 is 1. The highest BCUT2D eigenvalue weighted by Crippen LogP contribution is 2.30. The highest BCUT2D eigenvalue weighted by Gasteiger charge is 2.39. The summed E-state index contributed by atoms with van der Waals surface area (Å²) in [6.07, 6.45) is 0.859. The van der Waals surface area contributed by atoms with Crippen LogP contribution in [0.1, 0.15) is 23.1 Å². The molecule has 3 rings (SSSR count). The largest absolute Gasteiger partial charge is 0.497 e. The summed E-state index contributed by atoms with van der Waals surface area (Å²) < 4.78 is 5.12. The quantitative estimate of drug-likeness (QED) is 0.810. The van der Waals surface area contributed by atoms with Gasteiger partial charge in [0.25, 0.3) is 0 Å². The van der Waals surface area contributed by atoms with E-state index in [0.717, 1.165) is 5.56 Å². The number of imide groups is 1. The average molecular weight is 323 g/mol. The lowest BCUT2D eigenvalue weighted by atomic mass is 9.95. The summed E-state index contributed by atoms with van der Waals surface area (Å²) in [6.45, 7) is 4.09. The van der Waals surface area contributed by atoms with Gasteiger partial charge in [0.2, 0.25) is 11.8 Å². The molecule has 0 N–H and O–H groups in total. The molecule has 24 heavy (non-hydrogen) atoms. The molecular formula is C20H21NO3. The van der Waals surface area contributed by atoms with Crippen molar-refractivity contribution in [2.75, 3.05) is 12.0 Å². The number of carbonyl (C=O) groups is 2. The highest BCUT2D eigenvalue weighted by molar-refractivity contribution is 6.21. The molecule has 0 saturated carbocycles. The molecule has 1 saturated heterocycles. The van der Waals surface area contributed by atoms with E-state index in [4.69, 9.17) is 4.74 Å². The molecule has 4 heteroatoms. The molecule has 1 atom stereocenters. The number of nitrogens with zero attached hydrogens (tertiary/aromatic N) is 1. The van der Waals surface area contributed by atoms with Gasteiger partial charge in [-0.1, -0.05) is 29.3 Å². The maximum atomic E-state index is 12.7. The third kappa shape index (κ3) is 3.18. The summed E-state index contributed by atoms with van der Waals surface area (Å²) in [7, 11) is 1.58. The van der Waals surface area contributed by atoms with Gasteiger partial charge in [-0.2, -0.15) is 0 Å². The lowest BCUT2D eigenvalue weighted by molar-refractivity contribution is -0.122. The van der Waals surface area contributed by atoms with Crippen molar-refractivity contribution in [3.63, 3.8) is 0 Å². The predicted molar refractivity (Wildman–Crippen MR) is 93.2 cm³/mol. The van der Waals surface area contributed by atoms with Gasteiger partial charge in [0, 0.05) is 6.42 Å². The first-order valence-corrected chi connectivity index (χ1v) is 8.06. The molecule has 0 aromatic heterocycles. The van der Waals surface area contributed by atoms with Gasteiger partial charge in [0.15, 0.2) is 0 Å². The van der Waals surface area contributed by atoms with E-state index in [0.29, 0.717) is 17.9 Å². The third-order valence-electron chi connectivity index (χ3n) is 4.33. The molecule has 0 radical (unpaired) electrons. The number of carbonyl (C=O) groups excluding carboxylic acids is 2. The minimum absolute atomic E-state index is 0.121. The van der Waals surface area contributed by atoms with Gasteiger partial charge in [-0.05, 0) is 50.1 Å². The van der Waals surface area contributed by atoms with E-state index in [2.05, 4.69) is 18.2 Å². The first-order chi connectivity index (χ1) is 11.5. The fourth-order valence-corrected chi connectivity index (χ4v) is 3.33. The zero-order valence-corrected chi connectivity index (χ0v) is 14.2. The summed E-state index contributed by atoms with van der Waals surface area (Å²) in [5, 5.41) is 0. The molecule has 2 aromatic carbocycles. The van der Waals surface area contributed by atoms with Crippen molar-refractivity contribution in [2.45, 2.75) is 26.7 Å².